The maximum absolute atomic E-state index is 12.6. The highest BCUT2D eigenvalue weighted by molar-refractivity contribution is 8.01. The van der Waals surface area contributed by atoms with Gasteiger partial charge in [0.05, 0.1) is 16.0 Å². The predicted octanol–water partition coefficient (Wildman–Crippen LogP) is 5.57. The third-order valence-electron chi connectivity index (χ3n) is 4.95. The summed E-state index contributed by atoms with van der Waals surface area (Å²) in [6.45, 7) is 4.48. The van der Waals surface area contributed by atoms with Gasteiger partial charge in [-0.25, -0.2) is 4.98 Å². The van der Waals surface area contributed by atoms with Crippen molar-refractivity contribution >= 4 is 50.8 Å². The first-order valence-electron chi connectivity index (χ1n) is 10.2. The van der Waals surface area contributed by atoms with E-state index in [0.29, 0.717) is 17.9 Å². The summed E-state index contributed by atoms with van der Waals surface area (Å²) in [7, 11) is 0. The van der Waals surface area contributed by atoms with Gasteiger partial charge in [-0.3, -0.25) is 9.59 Å². The van der Waals surface area contributed by atoms with Crippen LogP contribution in [0.3, 0.4) is 0 Å². The zero-order valence-electron chi connectivity index (χ0n) is 17.8. The van der Waals surface area contributed by atoms with E-state index in [1.807, 2.05) is 80.6 Å². The molecule has 1 aromatic heterocycles. The molecule has 2 amide bonds. The van der Waals surface area contributed by atoms with Crippen LogP contribution in [0.1, 0.15) is 27.0 Å². The minimum absolute atomic E-state index is 0.0268. The normalized spacial score (nSPS) is 10.8. The topological polar surface area (TPSA) is 71.1 Å². The van der Waals surface area contributed by atoms with E-state index in [1.54, 1.807) is 0 Å². The lowest BCUT2D eigenvalue weighted by Gasteiger charge is -2.07. The highest BCUT2D eigenvalue weighted by Gasteiger charge is 2.11. The Hall–Kier alpha value is -3.16. The fraction of sp³-hybridized carbons (Fsp3) is 0.160. The molecule has 0 saturated heterocycles. The van der Waals surface area contributed by atoms with Crippen LogP contribution in [0, 0.1) is 13.8 Å². The van der Waals surface area contributed by atoms with Crippen LogP contribution < -0.4 is 10.6 Å². The van der Waals surface area contributed by atoms with Gasteiger partial charge in [-0.05, 0) is 49.2 Å². The molecule has 0 aliphatic rings. The van der Waals surface area contributed by atoms with Gasteiger partial charge in [-0.1, -0.05) is 59.8 Å². The standard InChI is InChI=1S/C25H23N3O2S2/c1-16-7-9-18(10-8-16)14-26-23(29)15-31-25-28-21-12-11-19(13-22(21)32-25)27-24(30)20-6-4-3-5-17(20)2/h3-13H,14-15H2,1-2H3,(H,26,29)(H,27,30). The summed E-state index contributed by atoms with van der Waals surface area (Å²) in [5.41, 5.74) is 5.44. The van der Waals surface area contributed by atoms with Crippen LogP contribution in [0.4, 0.5) is 5.69 Å². The van der Waals surface area contributed by atoms with Crippen molar-refractivity contribution in [2.45, 2.75) is 24.7 Å². The van der Waals surface area contributed by atoms with Crippen molar-refractivity contribution < 1.29 is 9.59 Å². The summed E-state index contributed by atoms with van der Waals surface area (Å²) in [4.78, 5) is 29.4. The Balaban J connectivity index is 1.34. The first kappa shape index (κ1) is 22.0. The maximum Gasteiger partial charge on any atom is 0.255 e. The lowest BCUT2D eigenvalue weighted by Crippen LogP contribution is -2.24. The van der Waals surface area contributed by atoms with Crippen molar-refractivity contribution in [3.8, 4) is 0 Å². The molecule has 32 heavy (non-hydrogen) atoms. The molecule has 5 nitrogen and oxygen atoms in total. The van der Waals surface area contributed by atoms with E-state index in [1.165, 1.54) is 28.7 Å². The largest absolute Gasteiger partial charge is 0.351 e. The molecule has 0 spiro atoms. The van der Waals surface area contributed by atoms with Crippen molar-refractivity contribution in [2.24, 2.45) is 0 Å². The minimum Gasteiger partial charge on any atom is -0.351 e. The van der Waals surface area contributed by atoms with Gasteiger partial charge in [0, 0.05) is 17.8 Å². The van der Waals surface area contributed by atoms with Gasteiger partial charge in [-0.15, -0.1) is 11.3 Å². The number of hydrogen-bond donors (Lipinski definition) is 2. The van der Waals surface area contributed by atoms with E-state index in [2.05, 4.69) is 15.6 Å². The highest BCUT2D eigenvalue weighted by atomic mass is 32.2. The lowest BCUT2D eigenvalue weighted by atomic mass is 10.1. The van der Waals surface area contributed by atoms with Gasteiger partial charge in [0.1, 0.15) is 0 Å². The van der Waals surface area contributed by atoms with E-state index < -0.39 is 0 Å². The van der Waals surface area contributed by atoms with Gasteiger partial charge < -0.3 is 10.6 Å². The fourth-order valence-corrected chi connectivity index (χ4v) is 5.09. The number of thioether (sulfide) groups is 1. The average molecular weight is 462 g/mol. The second-order valence-corrected chi connectivity index (χ2v) is 9.74. The first-order valence-corrected chi connectivity index (χ1v) is 12.0. The lowest BCUT2D eigenvalue weighted by molar-refractivity contribution is -0.118. The third-order valence-corrected chi connectivity index (χ3v) is 7.11. The Morgan fingerprint density at radius 1 is 1.00 bits per heavy atom. The van der Waals surface area contributed by atoms with Gasteiger partial charge >= 0.3 is 0 Å². The van der Waals surface area contributed by atoms with Crippen molar-refractivity contribution in [3.63, 3.8) is 0 Å². The number of aryl methyl sites for hydroxylation is 2. The predicted molar refractivity (Wildman–Crippen MR) is 133 cm³/mol. The Morgan fingerprint density at radius 2 is 1.78 bits per heavy atom. The molecular weight excluding hydrogens is 438 g/mol. The smallest absolute Gasteiger partial charge is 0.255 e. The molecule has 0 saturated carbocycles. The van der Waals surface area contributed by atoms with Crippen LogP contribution in [0.25, 0.3) is 10.2 Å². The number of rotatable bonds is 7. The van der Waals surface area contributed by atoms with Crippen LogP contribution in [0.5, 0.6) is 0 Å². The summed E-state index contributed by atoms with van der Waals surface area (Å²) in [6.07, 6.45) is 0. The molecule has 3 aromatic carbocycles. The molecule has 0 fully saturated rings. The van der Waals surface area contributed by atoms with E-state index in [4.69, 9.17) is 0 Å². The summed E-state index contributed by atoms with van der Waals surface area (Å²) in [5, 5.41) is 5.90. The third kappa shape index (κ3) is 5.55. The molecule has 2 N–H and O–H groups in total. The second-order valence-electron chi connectivity index (χ2n) is 7.48. The number of hydrogen-bond acceptors (Lipinski definition) is 5. The quantitative estimate of drug-likeness (QED) is 0.353. The monoisotopic (exact) mass is 461 g/mol. The molecule has 0 aliphatic carbocycles. The summed E-state index contributed by atoms with van der Waals surface area (Å²) in [6, 6.07) is 21.3. The van der Waals surface area contributed by atoms with Gasteiger partial charge in [0.15, 0.2) is 4.34 Å². The molecule has 1 heterocycles. The van der Waals surface area contributed by atoms with Crippen LogP contribution in [-0.2, 0) is 11.3 Å². The number of nitrogens with one attached hydrogen (secondary N) is 2. The summed E-state index contributed by atoms with van der Waals surface area (Å²) >= 11 is 2.93. The molecule has 162 valence electrons. The average Bonchev–Trinajstić information content (AvgIpc) is 3.20. The molecule has 0 aliphatic heterocycles. The SMILES string of the molecule is Cc1ccc(CNC(=O)CSc2nc3ccc(NC(=O)c4ccccc4C)cc3s2)cc1. The summed E-state index contributed by atoms with van der Waals surface area (Å²) < 4.78 is 1.79. The molecule has 7 heteroatoms. The van der Waals surface area contributed by atoms with E-state index >= 15 is 0 Å². The first-order chi connectivity index (χ1) is 15.5. The number of fused-ring (bicyclic) bond motifs is 1. The van der Waals surface area contributed by atoms with Crippen molar-refractivity contribution in [1.29, 1.82) is 0 Å². The molecule has 0 radical (unpaired) electrons. The Bertz CT molecular complexity index is 1270. The zero-order valence-corrected chi connectivity index (χ0v) is 19.5. The molecule has 4 rings (SSSR count). The van der Waals surface area contributed by atoms with E-state index in [9.17, 15) is 9.59 Å². The number of amides is 2. The molecule has 0 atom stereocenters. The summed E-state index contributed by atoms with van der Waals surface area (Å²) in [5.74, 6) is 0.149. The van der Waals surface area contributed by atoms with Crippen LogP contribution in [0.2, 0.25) is 0 Å². The number of thiazole rings is 1. The second kappa shape index (κ2) is 9.97. The van der Waals surface area contributed by atoms with Crippen LogP contribution in [-0.4, -0.2) is 22.6 Å². The van der Waals surface area contributed by atoms with Gasteiger partial charge in [0.2, 0.25) is 5.91 Å². The molecule has 4 aromatic rings. The fourth-order valence-electron chi connectivity index (χ4n) is 3.15. The van der Waals surface area contributed by atoms with Crippen LogP contribution >= 0.6 is 23.1 Å². The van der Waals surface area contributed by atoms with Gasteiger partial charge in [-0.2, -0.15) is 0 Å². The maximum atomic E-state index is 12.6. The number of nitrogens with zero attached hydrogens (tertiary/aromatic N) is 1. The molecule has 0 unspecified atom stereocenters. The number of carbonyl (C=O) groups is 2. The van der Waals surface area contributed by atoms with Crippen molar-refractivity contribution in [2.75, 3.05) is 11.1 Å². The number of anilines is 1. The molecule has 0 bridgehead atoms. The number of benzene rings is 3. The van der Waals surface area contributed by atoms with E-state index in [0.717, 1.165) is 31.4 Å². The van der Waals surface area contributed by atoms with Crippen molar-refractivity contribution in [1.82, 2.24) is 10.3 Å². The Labute approximate surface area is 195 Å². The van der Waals surface area contributed by atoms with Crippen molar-refractivity contribution in [3.05, 3.63) is 89.0 Å². The Morgan fingerprint density at radius 3 is 2.56 bits per heavy atom. The van der Waals surface area contributed by atoms with Gasteiger partial charge in [0.25, 0.3) is 5.91 Å². The minimum atomic E-state index is -0.133. The van der Waals surface area contributed by atoms with E-state index in [-0.39, 0.29) is 11.8 Å². The van der Waals surface area contributed by atoms with Crippen LogP contribution in [0.15, 0.2) is 71.1 Å². The number of aromatic nitrogens is 1. The number of carbonyl (C=O) groups excluding carboxylic acids is 2. The highest BCUT2D eigenvalue weighted by Crippen LogP contribution is 2.31. The Kier molecular flexibility index (Phi) is 6.87. The molecular formula is C25H23N3O2S2. The zero-order chi connectivity index (χ0) is 22.5.